The van der Waals surface area contributed by atoms with Crippen molar-refractivity contribution in [3.8, 4) is 17.6 Å². The van der Waals surface area contributed by atoms with Crippen LogP contribution in [0.4, 0.5) is 13.2 Å². The van der Waals surface area contributed by atoms with Crippen LogP contribution in [0.3, 0.4) is 0 Å². The third-order valence-electron chi connectivity index (χ3n) is 3.88. The Morgan fingerprint density at radius 3 is 2.04 bits per heavy atom. The minimum atomic E-state index is -4.31. The van der Waals surface area contributed by atoms with Crippen molar-refractivity contribution in [3.05, 3.63) is 77.4 Å². The van der Waals surface area contributed by atoms with Crippen LogP contribution in [0.15, 0.2) is 60.7 Å². The number of hydrogen-bond donors (Lipinski definition) is 0. The van der Waals surface area contributed by atoms with Gasteiger partial charge in [0.15, 0.2) is 0 Å². The summed E-state index contributed by atoms with van der Waals surface area (Å²) < 4.78 is 41.2. The van der Waals surface area contributed by atoms with E-state index in [1.54, 1.807) is 24.3 Å². The predicted octanol–water partition coefficient (Wildman–Crippen LogP) is 6.32. The molecule has 2 aromatic carbocycles. The summed E-state index contributed by atoms with van der Waals surface area (Å²) in [6, 6.07) is 15.3. The third kappa shape index (κ3) is 8.50. The Bertz CT molecular complexity index is 776. The first-order valence-corrected chi connectivity index (χ1v) is 9.04. The summed E-state index contributed by atoms with van der Waals surface area (Å²) in [5, 5.41) is 0. The van der Waals surface area contributed by atoms with Gasteiger partial charge in [0.25, 0.3) is 0 Å². The first-order valence-electron chi connectivity index (χ1n) is 9.04. The van der Waals surface area contributed by atoms with Crippen molar-refractivity contribution in [3.63, 3.8) is 0 Å². The molecule has 2 aromatic rings. The SMILES string of the molecule is CCCCCc1ccc(C#Cc2ccc(OCC=CC(F)(F)F)cc2)cc1. The molecule has 0 aromatic heterocycles. The molecule has 0 aliphatic carbocycles. The molecule has 27 heavy (non-hydrogen) atoms. The summed E-state index contributed by atoms with van der Waals surface area (Å²) in [5.74, 6) is 6.70. The number of alkyl halides is 3. The highest BCUT2D eigenvalue weighted by atomic mass is 19.4. The highest BCUT2D eigenvalue weighted by Gasteiger charge is 2.21. The average Bonchev–Trinajstić information content (AvgIpc) is 2.65. The van der Waals surface area contributed by atoms with Gasteiger partial charge in [-0.05, 0) is 60.9 Å². The molecule has 0 unspecified atom stereocenters. The van der Waals surface area contributed by atoms with Crippen molar-refractivity contribution in [2.45, 2.75) is 38.8 Å². The maximum absolute atomic E-state index is 12.0. The van der Waals surface area contributed by atoms with Crippen LogP contribution in [-0.2, 0) is 6.42 Å². The summed E-state index contributed by atoms with van der Waals surface area (Å²) in [6.45, 7) is 2.07. The van der Waals surface area contributed by atoms with Gasteiger partial charge in [0.05, 0.1) is 0 Å². The largest absolute Gasteiger partial charge is 0.490 e. The van der Waals surface area contributed by atoms with Gasteiger partial charge in [0.2, 0.25) is 0 Å². The molecule has 0 spiro atoms. The highest BCUT2D eigenvalue weighted by molar-refractivity contribution is 5.44. The Labute approximate surface area is 158 Å². The van der Waals surface area contributed by atoms with Crippen LogP contribution in [0, 0.1) is 11.8 Å². The monoisotopic (exact) mass is 372 g/mol. The number of halogens is 3. The summed E-state index contributed by atoms with van der Waals surface area (Å²) in [7, 11) is 0. The van der Waals surface area contributed by atoms with Gasteiger partial charge in [-0.2, -0.15) is 13.2 Å². The van der Waals surface area contributed by atoms with Crippen molar-refractivity contribution < 1.29 is 17.9 Å². The highest BCUT2D eigenvalue weighted by Crippen LogP contribution is 2.16. The fourth-order valence-electron chi connectivity index (χ4n) is 2.44. The summed E-state index contributed by atoms with van der Waals surface area (Å²) in [5.41, 5.74) is 3.10. The van der Waals surface area contributed by atoms with Gasteiger partial charge in [0, 0.05) is 17.2 Å². The zero-order chi connectivity index (χ0) is 19.5. The molecule has 0 atom stereocenters. The van der Waals surface area contributed by atoms with Crippen LogP contribution in [0.5, 0.6) is 5.75 Å². The molecule has 0 aliphatic rings. The fraction of sp³-hybridized carbons (Fsp3) is 0.304. The summed E-state index contributed by atoms with van der Waals surface area (Å²) in [6.07, 6.45) is 1.58. The molecule has 2 rings (SSSR count). The molecule has 4 heteroatoms. The van der Waals surface area contributed by atoms with Gasteiger partial charge in [-0.3, -0.25) is 0 Å². The second-order valence-electron chi connectivity index (χ2n) is 6.18. The molecule has 0 bridgehead atoms. The van der Waals surface area contributed by atoms with E-state index in [1.165, 1.54) is 24.8 Å². The second kappa shape index (κ2) is 10.5. The fourth-order valence-corrected chi connectivity index (χ4v) is 2.44. The van der Waals surface area contributed by atoms with E-state index in [4.69, 9.17) is 4.74 Å². The Morgan fingerprint density at radius 2 is 1.48 bits per heavy atom. The Hall–Kier alpha value is -2.67. The maximum atomic E-state index is 12.0. The minimum absolute atomic E-state index is 0.130. The van der Waals surface area contributed by atoms with Crippen molar-refractivity contribution in [1.82, 2.24) is 0 Å². The van der Waals surface area contributed by atoms with Crippen LogP contribution in [0.25, 0.3) is 0 Å². The van der Waals surface area contributed by atoms with Crippen LogP contribution in [-0.4, -0.2) is 12.8 Å². The molecule has 0 amide bonds. The number of benzene rings is 2. The van der Waals surface area contributed by atoms with E-state index in [0.29, 0.717) is 5.75 Å². The Kier molecular flexibility index (Phi) is 8.00. The van der Waals surface area contributed by atoms with Gasteiger partial charge in [-0.25, -0.2) is 0 Å². The summed E-state index contributed by atoms with van der Waals surface area (Å²) >= 11 is 0. The molecule has 0 saturated carbocycles. The molecule has 0 fully saturated rings. The quantitative estimate of drug-likeness (QED) is 0.314. The molecule has 0 N–H and O–H groups in total. The number of allylic oxidation sites excluding steroid dienone is 1. The molecular formula is C23H23F3O. The standard InChI is InChI=1S/C23H23F3O/c1-2-3-4-6-19-7-9-20(10-8-19)11-12-21-13-15-22(16-14-21)27-18-5-17-23(24,25)26/h5,7-10,13-17H,2-4,6,18H2,1H3. The number of rotatable bonds is 7. The number of ether oxygens (including phenoxy) is 1. The third-order valence-corrected chi connectivity index (χ3v) is 3.88. The van der Waals surface area contributed by atoms with E-state index in [1.807, 2.05) is 12.1 Å². The Balaban J connectivity index is 1.87. The minimum Gasteiger partial charge on any atom is -0.490 e. The topological polar surface area (TPSA) is 9.23 Å². The summed E-state index contributed by atoms with van der Waals surface area (Å²) in [4.78, 5) is 0. The molecule has 0 radical (unpaired) electrons. The zero-order valence-electron chi connectivity index (χ0n) is 15.4. The lowest BCUT2D eigenvalue weighted by Gasteiger charge is -2.03. The molecule has 0 heterocycles. The zero-order valence-corrected chi connectivity index (χ0v) is 15.4. The van der Waals surface area contributed by atoms with Gasteiger partial charge < -0.3 is 4.74 Å². The Morgan fingerprint density at radius 1 is 0.889 bits per heavy atom. The van der Waals surface area contributed by atoms with Crippen molar-refractivity contribution >= 4 is 0 Å². The number of unbranched alkanes of at least 4 members (excludes halogenated alkanes) is 2. The van der Waals surface area contributed by atoms with E-state index in [2.05, 4.69) is 30.9 Å². The van der Waals surface area contributed by atoms with Crippen molar-refractivity contribution in [1.29, 1.82) is 0 Å². The van der Waals surface area contributed by atoms with Gasteiger partial charge in [0.1, 0.15) is 12.4 Å². The van der Waals surface area contributed by atoms with Gasteiger partial charge in [-0.15, -0.1) is 0 Å². The normalized spacial score (nSPS) is 11.3. The lowest BCUT2D eigenvalue weighted by atomic mass is 10.1. The molecule has 0 saturated heterocycles. The van der Waals surface area contributed by atoms with Crippen LogP contribution in [0.2, 0.25) is 0 Å². The lowest BCUT2D eigenvalue weighted by molar-refractivity contribution is -0.0801. The van der Waals surface area contributed by atoms with Crippen molar-refractivity contribution in [2.24, 2.45) is 0 Å². The maximum Gasteiger partial charge on any atom is 0.409 e. The predicted molar refractivity (Wildman–Crippen MR) is 103 cm³/mol. The smallest absolute Gasteiger partial charge is 0.409 e. The van der Waals surface area contributed by atoms with Gasteiger partial charge >= 0.3 is 6.18 Å². The van der Waals surface area contributed by atoms with E-state index >= 15 is 0 Å². The molecular weight excluding hydrogens is 349 g/mol. The van der Waals surface area contributed by atoms with Crippen LogP contribution >= 0.6 is 0 Å². The van der Waals surface area contributed by atoms with Crippen molar-refractivity contribution in [2.75, 3.05) is 6.61 Å². The van der Waals surface area contributed by atoms with E-state index in [-0.39, 0.29) is 12.7 Å². The van der Waals surface area contributed by atoms with Crippen LogP contribution in [0.1, 0.15) is 42.9 Å². The number of hydrogen-bond acceptors (Lipinski definition) is 1. The van der Waals surface area contributed by atoms with E-state index in [9.17, 15) is 13.2 Å². The second-order valence-corrected chi connectivity index (χ2v) is 6.18. The number of aryl methyl sites for hydroxylation is 1. The molecule has 0 aliphatic heterocycles. The first kappa shape index (κ1) is 20.6. The average molecular weight is 372 g/mol. The lowest BCUT2D eigenvalue weighted by Crippen LogP contribution is -2.02. The molecule has 142 valence electrons. The molecule has 1 nitrogen and oxygen atoms in total. The van der Waals surface area contributed by atoms with Crippen LogP contribution < -0.4 is 4.74 Å². The van der Waals surface area contributed by atoms with Gasteiger partial charge in [-0.1, -0.05) is 43.7 Å². The van der Waals surface area contributed by atoms with E-state index < -0.39 is 6.18 Å². The van der Waals surface area contributed by atoms with E-state index in [0.717, 1.165) is 23.6 Å². The first-order chi connectivity index (χ1) is 13.0.